The number of halogens is 2. The van der Waals surface area contributed by atoms with Crippen molar-refractivity contribution < 1.29 is 13.5 Å². The second-order valence-corrected chi connectivity index (χ2v) is 7.73. The van der Waals surface area contributed by atoms with Gasteiger partial charge in [0.25, 0.3) is 0 Å². The average molecular weight is 353 g/mol. The summed E-state index contributed by atoms with van der Waals surface area (Å²) in [7, 11) is -3.81. The number of nitrogen functional groups attached to an aromatic ring is 1. The van der Waals surface area contributed by atoms with Crippen molar-refractivity contribution >= 4 is 38.9 Å². The first-order valence-corrected chi connectivity index (χ1v) is 8.94. The topological polar surface area (TPSA) is 83.6 Å². The molecule has 118 valence electrons. The van der Waals surface area contributed by atoms with Gasteiger partial charge in [0.15, 0.2) is 0 Å². The van der Waals surface area contributed by atoms with Crippen molar-refractivity contribution in [2.75, 3.05) is 18.9 Å². The summed E-state index contributed by atoms with van der Waals surface area (Å²) in [6.45, 7) is 0.351. The number of aliphatic hydroxyl groups is 1. The van der Waals surface area contributed by atoms with Crippen molar-refractivity contribution in [2.24, 2.45) is 0 Å². The molecular weight excluding hydrogens is 335 g/mol. The largest absolute Gasteiger partial charge is 0.399 e. The molecule has 8 heteroatoms. The van der Waals surface area contributed by atoms with E-state index < -0.39 is 10.0 Å². The Hall–Kier alpha value is -0.530. The molecule has 1 aromatic rings. The van der Waals surface area contributed by atoms with Gasteiger partial charge in [0, 0.05) is 24.9 Å². The first kappa shape index (κ1) is 16.8. The lowest BCUT2D eigenvalue weighted by atomic mass is 10.0. The molecular formula is C13H18Cl2N2O3S. The van der Waals surface area contributed by atoms with E-state index in [9.17, 15) is 8.42 Å². The standard InChI is InChI=1S/C13H18Cl2N2O3S/c14-11-7-9(16)8-12(15)13(11)21(19,20)17-5-2-1-3-10(17)4-6-18/h7-8,10,18H,1-6,16H2. The Balaban J connectivity index is 2.45. The highest BCUT2D eigenvalue weighted by atomic mass is 35.5. The van der Waals surface area contributed by atoms with Crippen molar-refractivity contribution in [1.29, 1.82) is 0 Å². The molecule has 3 N–H and O–H groups in total. The first-order valence-electron chi connectivity index (χ1n) is 6.75. The zero-order valence-corrected chi connectivity index (χ0v) is 13.8. The fourth-order valence-corrected chi connectivity index (χ4v) is 5.58. The molecule has 1 aromatic carbocycles. The minimum atomic E-state index is -3.81. The van der Waals surface area contributed by atoms with E-state index in [0.29, 0.717) is 18.7 Å². The first-order chi connectivity index (χ1) is 9.87. The summed E-state index contributed by atoms with van der Waals surface area (Å²) < 4.78 is 27.1. The maximum Gasteiger partial charge on any atom is 0.246 e. The Labute approximate surface area is 134 Å². The highest BCUT2D eigenvalue weighted by Crippen LogP contribution is 2.36. The van der Waals surface area contributed by atoms with Crippen molar-refractivity contribution in [3.63, 3.8) is 0 Å². The molecule has 1 aliphatic heterocycles. The second-order valence-electron chi connectivity index (χ2n) is 5.09. The van der Waals surface area contributed by atoms with E-state index in [0.717, 1.165) is 19.3 Å². The van der Waals surface area contributed by atoms with Gasteiger partial charge in [-0.2, -0.15) is 4.31 Å². The molecule has 0 radical (unpaired) electrons. The van der Waals surface area contributed by atoms with Crippen LogP contribution in [0.3, 0.4) is 0 Å². The molecule has 1 aliphatic rings. The van der Waals surface area contributed by atoms with Crippen LogP contribution in [0, 0.1) is 0 Å². The molecule has 0 amide bonds. The van der Waals surface area contributed by atoms with Gasteiger partial charge in [-0.05, 0) is 31.4 Å². The number of anilines is 1. The Morgan fingerprint density at radius 2 is 1.90 bits per heavy atom. The van der Waals surface area contributed by atoms with Crippen LogP contribution in [0.25, 0.3) is 0 Å². The molecule has 1 atom stereocenters. The minimum absolute atomic E-state index is 0.0216. The lowest BCUT2D eigenvalue weighted by Gasteiger charge is -2.34. The van der Waals surface area contributed by atoms with Gasteiger partial charge in [-0.15, -0.1) is 0 Å². The maximum atomic E-state index is 12.9. The number of sulfonamides is 1. The highest BCUT2D eigenvalue weighted by molar-refractivity contribution is 7.89. The molecule has 0 aromatic heterocycles. The smallest absolute Gasteiger partial charge is 0.246 e. The molecule has 1 unspecified atom stereocenters. The lowest BCUT2D eigenvalue weighted by Crippen LogP contribution is -2.44. The summed E-state index contributed by atoms with van der Waals surface area (Å²) in [5, 5.41) is 9.17. The van der Waals surface area contributed by atoms with E-state index in [1.807, 2.05) is 0 Å². The molecule has 1 heterocycles. The fourth-order valence-electron chi connectivity index (χ4n) is 2.67. The number of nitrogens with two attached hydrogens (primary N) is 1. The van der Waals surface area contributed by atoms with Crippen LogP contribution in [-0.4, -0.2) is 37.0 Å². The van der Waals surface area contributed by atoms with Crippen LogP contribution < -0.4 is 5.73 Å². The molecule has 1 fully saturated rings. The summed E-state index contributed by atoms with van der Waals surface area (Å²) in [5.41, 5.74) is 5.93. The molecule has 2 rings (SSSR count). The average Bonchev–Trinajstić information content (AvgIpc) is 2.37. The summed E-state index contributed by atoms with van der Waals surface area (Å²) in [6, 6.07) is 2.54. The molecule has 1 saturated heterocycles. The summed E-state index contributed by atoms with van der Waals surface area (Å²) in [4.78, 5) is -0.107. The summed E-state index contributed by atoms with van der Waals surface area (Å²) in [6.07, 6.45) is 2.86. The predicted octanol–water partition coefficient (Wildman–Crippen LogP) is 2.50. The zero-order valence-electron chi connectivity index (χ0n) is 11.4. The van der Waals surface area contributed by atoms with Crippen molar-refractivity contribution in [1.82, 2.24) is 4.31 Å². The van der Waals surface area contributed by atoms with Gasteiger partial charge in [-0.25, -0.2) is 8.42 Å². The molecule has 0 saturated carbocycles. The van der Waals surface area contributed by atoms with Crippen LogP contribution in [0.1, 0.15) is 25.7 Å². The maximum absolute atomic E-state index is 12.9. The zero-order chi connectivity index (χ0) is 15.6. The Bertz CT molecular complexity index is 597. The van der Waals surface area contributed by atoms with Gasteiger partial charge in [-0.3, -0.25) is 0 Å². The second kappa shape index (κ2) is 6.71. The number of piperidine rings is 1. The van der Waals surface area contributed by atoms with Crippen molar-refractivity contribution in [3.8, 4) is 0 Å². The quantitative estimate of drug-likeness (QED) is 0.815. The summed E-state index contributed by atoms with van der Waals surface area (Å²) in [5.74, 6) is 0. The third kappa shape index (κ3) is 3.46. The number of hydrogen-bond donors (Lipinski definition) is 2. The van der Waals surface area contributed by atoms with E-state index in [1.54, 1.807) is 0 Å². The van der Waals surface area contributed by atoms with Crippen molar-refractivity contribution in [2.45, 2.75) is 36.6 Å². The number of aliphatic hydroxyl groups excluding tert-OH is 1. The Morgan fingerprint density at radius 3 is 2.48 bits per heavy atom. The van der Waals surface area contributed by atoms with Crippen LogP contribution >= 0.6 is 23.2 Å². The molecule has 5 nitrogen and oxygen atoms in total. The number of rotatable bonds is 4. The van der Waals surface area contributed by atoms with E-state index in [4.69, 9.17) is 34.0 Å². The summed E-state index contributed by atoms with van der Waals surface area (Å²) >= 11 is 12.1. The molecule has 0 bridgehead atoms. The molecule has 21 heavy (non-hydrogen) atoms. The van der Waals surface area contributed by atoms with Crippen LogP contribution in [0.5, 0.6) is 0 Å². The predicted molar refractivity (Wildman–Crippen MR) is 84.1 cm³/mol. The minimum Gasteiger partial charge on any atom is -0.399 e. The van der Waals surface area contributed by atoms with Gasteiger partial charge in [0.1, 0.15) is 4.90 Å². The van der Waals surface area contributed by atoms with Gasteiger partial charge >= 0.3 is 0 Å². The lowest BCUT2D eigenvalue weighted by molar-refractivity contribution is 0.192. The van der Waals surface area contributed by atoms with E-state index >= 15 is 0 Å². The normalized spacial score (nSPS) is 20.6. The van der Waals surface area contributed by atoms with Gasteiger partial charge in [0.05, 0.1) is 10.0 Å². The number of nitrogens with zero attached hydrogens (tertiary/aromatic N) is 1. The third-order valence-corrected chi connectivity index (χ3v) is 6.50. The number of benzene rings is 1. The monoisotopic (exact) mass is 352 g/mol. The number of hydrogen-bond acceptors (Lipinski definition) is 4. The third-order valence-electron chi connectivity index (χ3n) is 3.62. The van der Waals surface area contributed by atoms with Crippen molar-refractivity contribution in [3.05, 3.63) is 22.2 Å². The highest BCUT2D eigenvalue weighted by Gasteiger charge is 2.35. The molecule has 0 aliphatic carbocycles. The SMILES string of the molecule is Nc1cc(Cl)c(S(=O)(=O)N2CCCCC2CCO)c(Cl)c1. The Kier molecular flexibility index (Phi) is 5.38. The Morgan fingerprint density at radius 1 is 1.29 bits per heavy atom. The van der Waals surface area contributed by atoms with E-state index in [-0.39, 0.29) is 27.6 Å². The van der Waals surface area contributed by atoms with Gasteiger partial charge in [0.2, 0.25) is 10.0 Å². The molecule has 0 spiro atoms. The van der Waals surface area contributed by atoms with Gasteiger partial charge in [-0.1, -0.05) is 29.6 Å². The fraction of sp³-hybridized carbons (Fsp3) is 0.538. The van der Waals surface area contributed by atoms with Gasteiger partial charge < -0.3 is 10.8 Å². The van der Waals surface area contributed by atoms with Crippen LogP contribution in [-0.2, 0) is 10.0 Å². The van der Waals surface area contributed by atoms with Crippen LogP contribution in [0.15, 0.2) is 17.0 Å². The van der Waals surface area contributed by atoms with Crippen LogP contribution in [0.2, 0.25) is 10.0 Å². The van der Waals surface area contributed by atoms with E-state index in [1.165, 1.54) is 16.4 Å². The van der Waals surface area contributed by atoms with Crippen LogP contribution in [0.4, 0.5) is 5.69 Å². The van der Waals surface area contributed by atoms with E-state index in [2.05, 4.69) is 0 Å².